The zero-order valence-electron chi connectivity index (χ0n) is 11.4. The van der Waals surface area contributed by atoms with Gasteiger partial charge >= 0.3 is 12.1 Å². The Morgan fingerprint density at radius 1 is 0.952 bits per heavy atom. The number of urea groups is 2. The summed E-state index contributed by atoms with van der Waals surface area (Å²) in [5, 5.41) is 7.52. The SMILES string of the molecule is CS(=O)(=O)Cl.CS(=O)(=O)N1CCNC1=O.O=C1NCCN1. The molecule has 0 aromatic heterocycles. The topological polar surface area (TPSA) is 142 Å². The molecule has 2 fully saturated rings. The van der Waals surface area contributed by atoms with E-state index < -0.39 is 25.1 Å². The summed E-state index contributed by atoms with van der Waals surface area (Å²) in [6.45, 7) is 2.21. The van der Waals surface area contributed by atoms with E-state index in [4.69, 9.17) is 0 Å². The molecule has 124 valence electrons. The monoisotopic (exact) mass is 364 g/mol. The van der Waals surface area contributed by atoms with Crippen LogP contribution in [0.1, 0.15) is 0 Å². The minimum Gasteiger partial charge on any atom is -0.336 e. The Balaban J connectivity index is 0.000000312. The lowest BCUT2D eigenvalue weighted by molar-refractivity contribution is 0.236. The van der Waals surface area contributed by atoms with Crippen molar-refractivity contribution < 1.29 is 26.4 Å². The number of carbonyl (C=O) groups excluding carboxylic acids is 2. The average Bonchev–Trinajstić information content (AvgIpc) is 2.86. The quantitative estimate of drug-likeness (QED) is 0.481. The number of nitrogens with one attached hydrogen (secondary N) is 3. The average molecular weight is 365 g/mol. The summed E-state index contributed by atoms with van der Waals surface area (Å²) < 4.78 is 41.0. The molecule has 0 aromatic rings. The van der Waals surface area contributed by atoms with Gasteiger partial charge in [-0.1, -0.05) is 0 Å². The predicted octanol–water partition coefficient (Wildman–Crippen LogP) is -1.54. The third kappa shape index (κ3) is 11.1. The van der Waals surface area contributed by atoms with Crippen LogP contribution in [0.3, 0.4) is 0 Å². The largest absolute Gasteiger partial charge is 0.336 e. The van der Waals surface area contributed by atoms with Gasteiger partial charge in [0.25, 0.3) is 0 Å². The summed E-state index contributed by atoms with van der Waals surface area (Å²) in [5.41, 5.74) is 0. The summed E-state index contributed by atoms with van der Waals surface area (Å²) in [4.78, 5) is 20.7. The Labute approximate surface area is 127 Å². The van der Waals surface area contributed by atoms with Crippen LogP contribution < -0.4 is 16.0 Å². The first-order valence-electron chi connectivity index (χ1n) is 5.58. The van der Waals surface area contributed by atoms with Crippen molar-refractivity contribution in [1.29, 1.82) is 0 Å². The van der Waals surface area contributed by atoms with E-state index in [2.05, 4.69) is 26.6 Å². The van der Waals surface area contributed by atoms with Gasteiger partial charge < -0.3 is 16.0 Å². The van der Waals surface area contributed by atoms with Crippen molar-refractivity contribution in [3.63, 3.8) is 0 Å². The fourth-order valence-corrected chi connectivity index (χ4v) is 1.97. The number of carbonyl (C=O) groups is 2. The van der Waals surface area contributed by atoms with Crippen molar-refractivity contribution in [3.05, 3.63) is 0 Å². The Morgan fingerprint density at radius 2 is 1.38 bits per heavy atom. The van der Waals surface area contributed by atoms with Crippen molar-refractivity contribution in [1.82, 2.24) is 20.3 Å². The zero-order valence-corrected chi connectivity index (χ0v) is 13.8. The molecule has 0 saturated carbocycles. The summed E-state index contributed by atoms with van der Waals surface area (Å²) in [6, 6.07) is -0.572. The number of hydrogen-bond acceptors (Lipinski definition) is 6. The van der Waals surface area contributed by atoms with Crippen LogP contribution in [0.2, 0.25) is 0 Å². The minimum absolute atomic E-state index is 0.0463. The van der Waals surface area contributed by atoms with Gasteiger partial charge in [-0.2, -0.15) is 0 Å². The standard InChI is InChI=1S/C4H8N2O3S.C3H6N2O.CH3ClO2S/c1-10(8,9)6-3-2-5-4(6)7;6-3-4-1-2-5-3;1-5(2,3)4/h2-3H2,1H3,(H,5,7);1-2H2,(H2,4,5,6);1H3. The third-order valence-corrected chi connectivity index (χ3v) is 3.06. The van der Waals surface area contributed by atoms with E-state index in [0.29, 0.717) is 6.54 Å². The van der Waals surface area contributed by atoms with E-state index >= 15 is 0 Å². The number of halogens is 1. The molecule has 2 aliphatic heterocycles. The van der Waals surface area contributed by atoms with Gasteiger partial charge in [-0.25, -0.2) is 30.7 Å². The molecule has 4 amide bonds. The van der Waals surface area contributed by atoms with Crippen LogP contribution in [0.5, 0.6) is 0 Å². The second kappa shape index (κ2) is 8.24. The Morgan fingerprint density at radius 3 is 1.52 bits per heavy atom. The number of amides is 4. The number of sulfonamides is 1. The van der Waals surface area contributed by atoms with Gasteiger partial charge in [-0.05, 0) is 0 Å². The lowest BCUT2D eigenvalue weighted by Crippen LogP contribution is -2.33. The third-order valence-electron chi connectivity index (χ3n) is 1.91. The molecule has 2 rings (SSSR count). The first-order chi connectivity index (χ1) is 9.41. The van der Waals surface area contributed by atoms with Gasteiger partial charge in [0.2, 0.25) is 19.1 Å². The normalized spacial score (nSPS) is 17.6. The second-order valence-electron chi connectivity index (χ2n) is 3.93. The summed E-state index contributed by atoms with van der Waals surface area (Å²) in [7, 11) is -2.02. The van der Waals surface area contributed by atoms with Crippen molar-refractivity contribution >= 4 is 41.8 Å². The Kier molecular flexibility index (Phi) is 7.74. The van der Waals surface area contributed by atoms with Crippen LogP contribution >= 0.6 is 10.7 Å². The van der Waals surface area contributed by atoms with E-state index in [0.717, 1.165) is 29.9 Å². The molecular formula is C8H17ClN4O6S2. The molecule has 10 nitrogen and oxygen atoms in total. The van der Waals surface area contributed by atoms with Crippen molar-refractivity contribution in [2.45, 2.75) is 0 Å². The first kappa shape index (κ1) is 19.7. The summed E-state index contributed by atoms with van der Waals surface area (Å²) in [5.74, 6) is 0. The molecule has 0 spiro atoms. The molecule has 21 heavy (non-hydrogen) atoms. The van der Waals surface area contributed by atoms with Crippen LogP contribution in [0.4, 0.5) is 9.59 Å². The number of nitrogens with zero attached hydrogens (tertiary/aromatic N) is 1. The van der Waals surface area contributed by atoms with Gasteiger partial charge in [-0.3, -0.25) is 0 Å². The number of hydrogen-bond donors (Lipinski definition) is 3. The van der Waals surface area contributed by atoms with E-state index in [1.807, 2.05) is 0 Å². The van der Waals surface area contributed by atoms with Crippen molar-refractivity contribution in [2.24, 2.45) is 0 Å². The predicted molar refractivity (Wildman–Crippen MR) is 77.0 cm³/mol. The summed E-state index contributed by atoms with van der Waals surface area (Å²) in [6.07, 6.45) is 1.94. The molecule has 0 bridgehead atoms. The molecule has 0 atom stereocenters. The van der Waals surface area contributed by atoms with E-state index in [-0.39, 0.29) is 12.6 Å². The highest BCUT2D eigenvalue weighted by atomic mass is 35.7. The minimum atomic E-state index is -3.33. The molecule has 0 aromatic carbocycles. The van der Waals surface area contributed by atoms with Crippen LogP contribution in [0.15, 0.2) is 0 Å². The van der Waals surface area contributed by atoms with Crippen molar-refractivity contribution in [3.8, 4) is 0 Å². The molecule has 13 heteroatoms. The molecule has 3 N–H and O–H groups in total. The number of rotatable bonds is 1. The molecule has 0 radical (unpaired) electrons. The van der Waals surface area contributed by atoms with Crippen LogP contribution in [-0.2, 0) is 19.1 Å². The van der Waals surface area contributed by atoms with Crippen LogP contribution in [0.25, 0.3) is 0 Å². The molecule has 0 aliphatic carbocycles. The molecular weight excluding hydrogens is 348 g/mol. The first-order valence-corrected chi connectivity index (χ1v) is 10.1. The maximum Gasteiger partial charge on any atom is 0.331 e. The van der Waals surface area contributed by atoms with E-state index in [9.17, 15) is 26.4 Å². The lowest BCUT2D eigenvalue weighted by Gasteiger charge is -2.09. The van der Waals surface area contributed by atoms with Crippen molar-refractivity contribution in [2.75, 3.05) is 38.7 Å². The second-order valence-corrected chi connectivity index (χ2v) is 8.88. The smallest absolute Gasteiger partial charge is 0.331 e. The van der Waals surface area contributed by atoms with Crippen LogP contribution in [-0.4, -0.2) is 71.9 Å². The maximum atomic E-state index is 10.7. The van der Waals surface area contributed by atoms with Gasteiger partial charge in [0.05, 0.1) is 19.1 Å². The fourth-order valence-electron chi connectivity index (χ4n) is 1.19. The summed E-state index contributed by atoms with van der Waals surface area (Å²) >= 11 is 0. The van der Waals surface area contributed by atoms with Crippen LogP contribution in [0, 0.1) is 0 Å². The maximum absolute atomic E-state index is 10.7. The highest BCUT2D eigenvalue weighted by molar-refractivity contribution is 8.13. The molecule has 2 heterocycles. The lowest BCUT2D eigenvalue weighted by atomic mass is 10.7. The molecule has 2 aliphatic rings. The zero-order chi connectivity index (χ0) is 16.7. The van der Waals surface area contributed by atoms with Gasteiger partial charge in [-0.15, -0.1) is 0 Å². The Hall–Kier alpha value is -1.27. The van der Waals surface area contributed by atoms with E-state index in [1.165, 1.54) is 0 Å². The van der Waals surface area contributed by atoms with Gasteiger partial charge in [0, 0.05) is 30.3 Å². The molecule has 0 unspecified atom stereocenters. The highest BCUT2D eigenvalue weighted by Gasteiger charge is 2.27. The Bertz CT molecular complexity index is 560. The van der Waals surface area contributed by atoms with Gasteiger partial charge in [0.1, 0.15) is 0 Å². The highest BCUT2D eigenvalue weighted by Crippen LogP contribution is 2.01. The fraction of sp³-hybridized carbons (Fsp3) is 0.750. The van der Waals surface area contributed by atoms with Gasteiger partial charge in [0.15, 0.2) is 0 Å². The molecule has 2 saturated heterocycles. The van der Waals surface area contributed by atoms with E-state index in [1.54, 1.807) is 0 Å².